The number of benzene rings is 1. The molecule has 0 aliphatic rings. The fourth-order valence-corrected chi connectivity index (χ4v) is 1.59. The van der Waals surface area contributed by atoms with Crippen LogP contribution in [0.25, 0.3) is 11.5 Å². The minimum atomic E-state index is -0.667. The molecule has 2 aromatic rings. The van der Waals surface area contributed by atoms with Crippen molar-refractivity contribution in [1.29, 1.82) is 0 Å². The zero-order valence-corrected chi connectivity index (χ0v) is 10.8. The summed E-state index contributed by atoms with van der Waals surface area (Å²) < 4.78 is 5.17. The lowest BCUT2D eigenvalue weighted by molar-refractivity contribution is 0.159. The van der Waals surface area contributed by atoms with Gasteiger partial charge in [0, 0.05) is 25.3 Å². The van der Waals surface area contributed by atoms with Crippen LogP contribution in [0.2, 0.25) is 0 Å². The molecule has 5 nitrogen and oxygen atoms in total. The van der Waals surface area contributed by atoms with E-state index >= 15 is 0 Å². The first-order valence-corrected chi connectivity index (χ1v) is 5.91. The van der Waals surface area contributed by atoms with Gasteiger partial charge in [-0.3, -0.25) is 0 Å². The van der Waals surface area contributed by atoms with Gasteiger partial charge in [0.15, 0.2) is 0 Å². The van der Waals surface area contributed by atoms with E-state index in [4.69, 9.17) is 4.52 Å². The second-order valence-electron chi connectivity index (χ2n) is 4.33. The number of anilines is 1. The van der Waals surface area contributed by atoms with Crippen molar-refractivity contribution in [1.82, 2.24) is 10.1 Å². The van der Waals surface area contributed by atoms with E-state index in [2.05, 4.69) is 10.1 Å². The number of rotatable bonds is 4. The van der Waals surface area contributed by atoms with E-state index in [0.29, 0.717) is 18.1 Å². The van der Waals surface area contributed by atoms with Gasteiger partial charge in [-0.2, -0.15) is 4.98 Å². The third-order valence-corrected chi connectivity index (χ3v) is 2.74. The normalized spacial score (nSPS) is 12.4. The van der Waals surface area contributed by atoms with Crippen LogP contribution in [-0.2, 0) is 0 Å². The average molecular weight is 247 g/mol. The average Bonchev–Trinajstić information content (AvgIpc) is 2.87. The summed E-state index contributed by atoms with van der Waals surface area (Å²) in [5.41, 5.74) is 1.91. The van der Waals surface area contributed by atoms with Gasteiger partial charge in [-0.1, -0.05) is 18.1 Å². The Labute approximate surface area is 106 Å². The molecule has 0 bridgehead atoms. The molecule has 0 aliphatic heterocycles. The Bertz CT molecular complexity index is 522. The van der Waals surface area contributed by atoms with E-state index < -0.39 is 6.10 Å². The molecule has 1 atom stereocenters. The third-order valence-electron chi connectivity index (χ3n) is 2.74. The molecule has 1 heterocycles. The molecule has 1 N–H and O–H groups in total. The molecule has 0 fully saturated rings. The van der Waals surface area contributed by atoms with Crippen LogP contribution in [-0.4, -0.2) is 29.3 Å². The molecule has 0 spiro atoms. The number of nitrogens with zero attached hydrogens (tertiary/aromatic N) is 3. The number of aliphatic hydroxyl groups excluding tert-OH is 1. The van der Waals surface area contributed by atoms with Crippen molar-refractivity contribution in [3.63, 3.8) is 0 Å². The summed E-state index contributed by atoms with van der Waals surface area (Å²) in [6.07, 6.45) is -0.101. The van der Waals surface area contributed by atoms with Crippen molar-refractivity contribution < 1.29 is 9.63 Å². The molecule has 96 valence electrons. The Morgan fingerprint density at radius 1 is 1.39 bits per heavy atom. The maximum atomic E-state index is 9.64. The lowest BCUT2D eigenvalue weighted by Crippen LogP contribution is -2.08. The minimum absolute atomic E-state index is 0.336. The first-order valence-electron chi connectivity index (χ1n) is 5.91. The van der Waals surface area contributed by atoms with Crippen LogP contribution in [0, 0.1) is 0 Å². The van der Waals surface area contributed by atoms with E-state index in [1.807, 2.05) is 50.2 Å². The summed E-state index contributed by atoms with van der Waals surface area (Å²) in [6, 6.07) is 7.81. The molecule has 0 saturated carbocycles. The molecule has 0 amide bonds. The van der Waals surface area contributed by atoms with Gasteiger partial charge in [0.1, 0.15) is 6.10 Å². The van der Waals surface area contributed by atoms with E-state index in [1.165, 1.54) is 0 Å². The summed E-state index contributed by atoms with van der Waals surface area (Å²) in [6.45, 7) is 1.87. The smallest absolute Gasteiger partial charge is 0.258 e. The summed E-state index contributed by atoms with van der Waals surface area (Å²) in [5.74, 6) is 0.768. The highest BCUT2D eigenvalue weighted by molar-refractivity contribution is 5.61. The van der Waals surface area contributed by atoms with Crippen molar-refractivity contribution in [3.8, 4) is 11.5 Å². The standard InChI is InChI=1S/C13H17N3O2/c1-4-11(17)12-14-13(18-15-12)9-6-5-7-10(8-9)16(2)3/h5-8,11,17H,4H2,1-3H3. The van der Waals surface area contributed by atoms with Gasteiger partial charge < -0.3 is 14.5 Å². The minimum Gasteiger partial charge on any atom is -0.385 e. The lowest BCUT2D eigenvalue weighted by atomic mass is 10.2. The van der Waals surface area contributed by atoms with Crippen molar-refractivity contribution in [2.24, 2.45) is 0 Å². The monoisotopic (exact) mass is 247 g/mol. The molecule has 0 saturated heterocycles. The predicted octanol–water partition coefficient (Wildman–Crippen LogP) is 2.25. The molecule has 5 heteroatoms. The maximum Gasteiger partial charge on any atom is 0.258 e. The highest BCUT2D eigenvalue weighted by atomic mass is 16.5. The maximum absolute atomic E-state index is 9.64. The largest absolute Gasteiger partial charge is 0.385 e. The topological polar surface area (TPSA) is 62.4 Å². The van der Waals surface area contributed by atoms with Crippen LogP contribution < -0.4 is 4.90 Å². The van der Waals surface area contributed by atoms with Crippen LogP contribution in [0.15, 0.2) is 28.8 Å². The van der Waals surface area contributed by atoms with Crippen LogP contribution >= 0.6 is 0 Å². The van der Waals surface area contributed by atoms with Gasteiger partial charge in [0.25, 0.3) is 5.89 Å². The number of hydrogen-bond acceptors (Lipinski definition) is 5. The summed E-state index contributed by atoms with van der Waals surface area (Å²) in [7, 11) is 3.94. The number of aromatic nitrogens is 2. The van der Waals surface area contributed by atoms with Gasteiger partial charge in [0.05, 0.1) is 0 Å². The first-order chi connectivity index (χ1) is 8.61. The Balaban J connectivity index is 2.31. The molecule has 18 heavy (non-hydrogen) atoms. The van der Waals surface area contributed by atoms with Gasteiger partial charge in [-0.05, 0) is 24.6 Å². The van der Waals surface area contributed by atoms with Gasteiger partial charge in [-0.25, -0.2) is 0 Å². The molecular formula is C13H17N3O2. The zero-order valence-electron chi connectivity index (χ0n) is 10.8. The second-order valence-corrected chi connectivity index (χ2v) is 4.33. The molecule has 1 aromatic heterocycles. The molecule has 1 unspecified atom stereocenters. The van der Waals surface area contributed by atoms with Gasteiger partial charge >= 0.3 is 0 Å². The van der Waals surface area contributed by atoms with E-state index in [-0.39, 0.29) is 0 Å². The van der Waals surface area contributed by atoms with Gasteiger partial charge in [0.2, 0.25) is 5.82 Å². The number of aliphatic hydroxyl groups is 1. The molecule has 0 radical (unpaired) electrons. The third kappa shape index (κ3) is 2.51. The van der Waals surface area contributed by atoms with Crippen LogP contribution in [0.3, 0.4) is 0 Å². The van der Waals surface area contributed by atoms with Crippen LogP contribution in [0.4, 0.5) is 5.69 Å². The fraction of sp³-hybridized carbons (Fsp3) is 0.385. The Morgan fingerprint density at radius 2 is 2.17 bits per heavy atom. The quantitative estimate of drug-likeness (QED) is 0.897. The summed E-state index contributed by atoms with van der Waals surface area (Å²) >= 11 is 0. The van der Waals surface area contributed by atoms with Crippen LogP contribution in [0.1, 0.15) is 25.3 Å². The molecule has 2 rings (SSSR count). The fourth-order valence-electron chi connectivity index (χ4n) is 1.59. The first kappa shape index (κ1) is 12.6. The molecule has 1 aromatic carbocycles. The highest BCUT2D eigenvalue weighted by Crippen LogP contribution is 2.24. The molecule has 0 aliphatic carbocycles. The predicted molar refractivity (Wildman–Crippen MR) is 69.3 cm³/mol. The van der Waals surface area contributed by atoms with Crippen molar-refractivity contribution in [3.05, 3.63) is 30.1 Å². The van der Waals surface area contributed by atoms with E-state index in [0.717, 1.165) is 11.3 Å². The van der Waals surface area contributed by atoms with Crippen molar-refractivity contribution in [2.75, 3.05) is 19.0 Å². The van der Waals surface area contributed by atoms with Crippen LogP contribution in [0.5, 0.6) is 0 Å². The lowest BCUT2D eigenvalue weighted by Gasteiger charge is -2.12. The van der Waals surface area contributed by atoms with Gasteiger partial charge in [-0.15, -0.1) is 0 Å². The summed E-state index contributed by atoms with van der Waals surface area (Å²) in [5, 5.41) is 13.4. The SMILES string of the molecule is CCC(O)c1noc(-c2cccc(N(C)C)c2)n1. The van der Waals surface area contributed by atoms with Crippen molar-refractivity contribution in [2.45, 2.75) is 19.4 Å². The molecular weight excluding hydrogens is 230 g/mol. The highest BCUT2D eigenvalue weighted by Gasteiger charge is 2.14. The zero-order chi connectivity index (χ0) is 13.1. The Hall–Kier alpha value is -1.88. The Kier molecular flexibility index (Phi) is 3.62. The van der Waals surface area contributed by atoms with E-state index in [9.17, 15) is 5.11 Å². The number of hydrogen-bond donors (Lipinski definition) is 1. The van der Waals surface area contributed by atoms with E-state index in [1.54, 1.807) is 0 Å². The van der Waals surface area contributed by atoms with Crippen molar-refractivity contribution >= 4 is 5.69 Å². The Morgan fingerprint density at radius 3 is 2.83 bits per heavy atom. The summed E-state index contributed by atoms with van der Waals surface area (Å²) in [4.78, 5) is 6.21. The second kappa shape index (κ2) is 5.18.